The topological polar surface area (TPSA) is 93.0 Å². The summed E-state index contributed by atoms with van der Waals surface area (Å²) < 4.78 is 0. The molecule has 1 aromatic heterocycles. The Bertz CT molecular complexity index is 1200. The number of fused-ring (bicyclic) bond motifs is 1. The number of nitrogens with zero attached hydrogens (tertiary/aromatic N) is 3. The van der Waals surface area contributed by atoms with Crippen LogP contribution in [0, 0.1) is 23.0 Å². The van der Waals surface area contributed by atoms with E-state index in [0.717, 1.165) is 21.0 Å². The standard InChI is InChI=1S/C22H17N3O5S/c1-13-6-2-3-9-16(13)24-19(17-10-5-11-31-17)18-20(30-24)22(27)23(21(18)26)14-7-4-8-15(12-14)25(28)29/h2-12,18-20H,1H3/t18-,19-,20-/m1/s1. The second kappa shape index (κ2) is 7.29. The predicted molar refractivity (Wildman–Crippen MR) is 115 cm³/mol. The largest absolute Gasteiger partial charge is 0.273 e. The Kier molecular flexibility index (Phi) is 4.57. The molecule has 3 heterocycles. The second-order valence-electron chi connectivity index (χ2n) is 7.41. The summed E-state index contributed by atoms with van der Waals surface area (Å²) in [4.78, 5) is 45.3. The van der Waals surface area contributed by atoms with Crippen molar-refractivity contribution in [1.29, 1.82) is 0 Å². The summed E-state index contributed by atoms with van der Waals surface area (Å²) in [6.45, 7) is 1.94. The number of rotatable bonds is 4. The molecule has 2 aliphatic rings. The Morgan fingerprint density at radius 1 is 1.03 bits per heavy atom. The van der Waals surface area contributed by atoms with Gasteiger partial charge in [0.05, 0.1) is 16.3 Å². The number of nitro groups is 1. The van der Waals surface area contributed by atoms with Crippen LogP contribution in [-0.2, 0) is 14.4 Å². The summed E-state index contributed by atoms with van der Waals surface area (Å²) >= 11 is 1.49. The molecule has 8 nitrogen and oxygen atoms in total. The number of imide groups is 1. The first kappa shape index (κ1) is 19.4. The van der Waals surface area contributed by atoms with Gasteiger partial charge in [-0.05, 0) is 36.1 Å². The molecular formula is C22H17N3O5S. The SMILES string of the molecule is Cc1ccccc1N1O[C@H]2C(=O)N(c3cccc([N+](=O)[O-])c3)C(=O)[C@@H]2[C@H]1c1cccs1. The average molecular weight is 435 g/mol. The van der Waals surface area contributed by atoms with Crippen LogP contribution < -0.4 is 9.96 Å². The first-order valence-corrected chi connectivity index (χ1v) is 10.5. The normalized spacial score (nSPS) is 22.8. The number of carbonyl (C=O) groups excluding carboxylic acids is 2. The number of para-hydroxylation sites is 1. The van der Waals surface area contributed by atoms with E-state index in [1.165, 1.54) is 35.6 Å². The van der Waals surface area contributed by atoms with Gasteiger partial charge in [-0.15, -0.1) is 11.3 Å². The molecule has 5 rings (SSSR count). The molecule has 0 saturated carbocycles. The number of thiophene rings is 1. The number of carbonyl (C=O) groups is 2. The Hall–Kier alpha value is -3.56. The minimum Gasteiger partial charge on any atom is -0.273 e. The van der Waals surface area contributed by atoms with Crippen LogP contribution in [0.25, 0.3) is 0 Å². The van der Waals surface area contributed by atoms with Gasteiger partial charge in [0.15, 0.2) is 6.10 Å². The fourth-order valence-corrected chi connectivity index (χ4v) is 5.04. The Balaban J connectivity index is 1.57. The van der Waals surface area contributed by atoms with Gasteiger partial charge in [0.1, 0.15) is 12.0 Å². The van der Waals surface area contributed by atoms with Crippen LogP contribution in [0.2, 0.25) is 0 Å². The molecule has 2 saturated heterocycles. The molecule has 0 bridgehead atoms. The average Bonchev–Trinajstić information content (AvgIpc) is 3.46. The molecule has 31 heavy (non-hydrogen) atoms. The van der Waals surface area contributed by atoms with Gasteiger partial charge in [-0.1, -0.05) is 30.3 Å². The van der Waals surface area contributed by atoms with Crippen molar-refractivity contribution >= 4 is 40.2 Å². The zero-order valence-electron chi connectivity index (χ0n) is 16.4. The molecule has 0 aliphatic carbocycles. The van der Waals surface area contributed by atoms with Crippen molar-refractivity contribution < 1.29 is 19.3 Å². The number of nitro benzene ring substituents is 1. The van der Waals surface area contributed by atoms with Gasteiger partial charge in [0.2, 0.25) is 5.91 Å². The molecule has 2 aromatic carbocycles. The van der Waals surface area contributed by atoms with Crippen molar-refractivity contribution in [2.75, 3.05) is 9.96 Å². The Morgan fingerprint density at radius 2 is 1.84 bits per heavy atom. The van der Waals surface area contributed by atoms with E-state index in [0.29, 0.717) is 0 Å². The number of anilines is 2. The highest BCUT2D eigenvalue weighted by Crippen LogP contribution is 2.49. The molecule has 2 aliphatic heterocycles. The lowest BCUT2D eigenvalue weighted by Crippen LogP contribution is -2.37. The molecule has 9 heteroatoms. The van der Waals surface area contributed by atoms with Crippen molar-refractivity contribution in [1.82, 2.24) is 0 Å². The second-order valence-corrected chi connectivity index (χ2v) is 8.39. The number of benzene rings is 2. The van der Waals surface area contributed by atoms with Crippen LogP contribution in [-0.4, -0.2) is 22.8 Å². The summed E-state index contributed by atoms with van der Waals surface area (Å²) in [5, 5.41) is 14.7. The first-order chi connectivity index (χ1) is 15.0. The van der Waals surface area contributed by atoms with E-state index >= 15 is 0 Å². The lowest BCUT2D eigenvalue weighted by molar-refractivity contribution is -0.384. The number of amides is 2. The van der Waals surface area contributed by atoms with Crippen LogP contribution in [0.15, 0.2) is 66.0 Å². The molecule has 156 valence electrons. The molecule has 0 radical (unpaired) electrons. The minimum atomic E-state index is -1.00. The van der Waals surface area contributed by atoms with Crippen LogP contribution in [0.5, 0.6) is 0 Å². The summed E-state index contributed by atoms with van der Waals surface area (Å²) in [5.74, 6) is -1.71. The molecule has 0 N–H and O–H groups in total. The maximum absolute atomic E-state index is 13.5. The van der Waals surface area contributed by atoms with Crippen molar-refractivity contribution in [3.8, 4) is 0 Å². The molecule has 0 unspecified atom stereocenters. The summed E-state index contributed by atoms with van der Waals surface area (Å²) in [6, 6.07) is 16.5. The van der Waals surface area contributed by atoms with Gasteiger partial charge < -0.3 is 0 Å². The Morgan fingerprint density at radius 3 is 2.55 bits per heavy atom. The number of hydrogen-bond donors (Lipinski definition) is 0. The zero-order valence-corrected chi connectivity index (χ0v) is 17.2. The van der Waals surface area contributed by atoms with E-state index in [4.69, 9.17) is 4.84 Å². The van der Waals surface area contributed by atoms with E-state index in [1.807, 2.05) is 48.7 Å². The third-order valence-electron chi connectivity index (χ3n) is 5.60. The van der Waals surface area contributed by atoms with Crippen molar-refractivity contribution in [2.24, 2.45) is 5.92 Å². The third-order valence-corrected chi connectivity index (χ3v) is 6.54. The van der Waals surface area contributed by atoms with Crippen molar-refractivity contribution in [2.45, 2.75) is 19.1 Å². The van der Waals surface area contributed by atoms with Crippen molar-refractivity contribution in [3.05, 3.63) is 86.6 Å². The number of non-ortho nitro benzene ring substituents is 1. The van der Waals surface area contributed by atoms with Crippen molar-refractivity contribution in [3.63, 3.8) is 0 Å². The fourth-order valence-electron chi connectivity index (χ4n) is 4.18. The zero-order chi connectivity index (χ0) is 21.7. The molecule has 0 spiro atoms. The van der Waals surface area contributed by atoms with E-state index in [-0.39, 0.29) is 11.4 Å². The van der Waals surface area contributed by atoms with Gasteiger partial charge in [0.25, 0.3) is 11.6 Å². The number of hydroxylamine groups is 1. The summed E-state index contributed by atoms with van der Waals surface area (Å²) in [6.07, 6.45) is -1.00. The lowest BCUT2D eigenvalue weighted by Gasteiger charge is -2.28. The molecule has 3 aromatic rings. The third kappa shape index (κ3) is 3.01. The predicted octanol–water partition coefficient (Wildman–Crippen LogP) is 4.02. The van der Waals surface area contributed by atoms with E-state index in [2.05, 4.69) is 0 Å². The van der Waals surface area contributed by atoms with Gasteiger partial charge in [0, 0.05) is 17.0 Å². The van der Waals surface area contributed by atoms with Gasteiger partial charge in [-0.3, -0.25) is 24.5 Å². The van der Waals surface area contributed by atoms with Crippen LogP contribution >= 0.6 is 11.3 Å². The highest BCUT2D eigenvalue weighted by Gasteiger charge is 2.60. The maximum atomic E-state index is 13.5. The van der Waals surface area contributed by atoms with Crippen LogP contribution in [0.1, 0.15) is 16.5 Å². The fraction of sp³-hybridized carbons (Fsp3) is 0.182. The van der Waals surface area contributed by atoms with Gasteiger partial charge in [-0.2, -0.15) is 0 Å². The van der Waals surface area contributed by atoms with Crippen LogP contribution in [0.3, 0.4) is 0 Å². The Labute approximate surface area is 181 Å². The number of aryl methyl sites for hydroxylation is 1. The summed E-state index contributed by atoms with van der Waals surface area (Å²) in [5.41, 5.74) is 1.74. The van der Waals surface area contributed by atoms with E-state index in [1.54, 1.807) is 5.06 Å². The molecule has 2 fully saturated rings. The number of hydrogen-bond acceptors (Lipinski definition) is 7. The molecular weight excluding hydrogens is 418 g/mol. The van der Waals surface area contributed by atoms with E-state index < -0.39 is 34.8 Å². The highest BCUT2D eigenvalue weighted by molar-refractivity contribution is 7.10. The monoisotopic (exact) mass is 435 g/mol. The van der Waals surface area contributed by atoms with E-state index in [9.17, 15) is 19.7 Å². The summed E-state index contributed by atoms with van der Waals surface area (Å²) in [7, 11) is 0. The quantitative estimate of drug-likeness (QED) is 0.349. The highest BCUT2D eigenvalue weighted by atomic mass is 32.1. The first-order valence-electron chi connectivity index (χ1n) is 9.64. The van der Waals surface area contributed by atoms with Crippen LogP contribution in [0.4, 0.5) is 17.1 Å². The molecule has 3 atom stereocenters. The molecule has 2 amide bonds. The van der Waals surface area contributed by atoms with Gasteiger partial charge >= 0.3 is 0 Å². The maximum Gasteiger partial charge on any atom is 0.271 e. The smallest absolute Gasteiger partial charge is 0.271 e. The lowest BCUT2D eigenvalue weighted by atomic mass is 9.95. The minimum absolute atomic E-state index is 0.176. The van der Waals surface area contributed by atoms with Gasteiger partial charge in [-0.25, -0.2) is 9.96 Å².